The van der Waals surface area contributed by atoms with Gasteiger partial charge in [-0.15, -0.1) is 0 Å². The van der Waals surface area contributed by atoms with Gasteiger partial charge in [-0.2, -0.15) is 8.78 Å². The number of rotatable bonds is 8. The van der Waals surface area contributed by atoms with Gasteiger partial charge in [0.25, 0.3) is 0 Å². The number of ether oxygens (including phenoxy) is 1. The number of nitrogens with zero attached hydrogens (tertiary/aromatic N) is 3. The lowest BCUT2D eigenvalue weighted by atomic mass is 10.2. The Balaban J connectivity index is 2.25. The second-order valence-corrected chi connectivity index (χ2v) is 6.12. The van der Waals surface area contributed by atoms with Crippen LogP contribution in [0.5, 0.6) is 0 Å². The van der Waals surface area contributed by atoms with E-state index in [9.17, 15) is 13.6 Å². The van der Waals surface area contributed by atoms with Crippen molar-refractivity contribution in [2.75, 3.05) is 20.2 Å². The number of alkyl halides is 2. The van der Waals surface area contributed by atoms with Gasteiger partial charge in [-0.25, -0.2) is 4.98 Å². The maximum absolute atomic E-state index is 13.5. The summed E-state index contributed by atoms with van der Waals surface area (Å²) in [6, 6.07) is 6.85. The third kappa shape index (κ3) is 4.50. The van der Waals surface area contributed by atoms with Crippen LogP contribution in [-0.2, 0) is 16.1 Å². The van der Waals surface area contributed by atoms with Crippen molar-refractivity contribution in [2.45, 2.75) is 33.4 Å². The summed E-state index contributed by atoms with van der Waals surface area (Å²) < 4.78 is 32.6. The Morgan fingerprint density at radius 1 is 1.33 bits per heavy atom. The van der Waals surface area contributed by atoms with Crippen molar-refractivity contribution in [1.29, 1.82) is 0 Å². The molecule has 0 unspecified atom stereocenters. The zero-order chi connectivity index (χ0) is 17.7. The van der Waals surface area contributed by atoms with Crippen molar-refractivity contribution in [3.63, 3.8) is 0 Å². The number of imidazole rings is 1. The fourth-order valence-electron chi connectivity index (χ4n) is 2.73. The molecule has 24 heavy (non-hydrogen) atoms. The number of aromatic nitrogens is 2. The number of benzene rings is 1. The maximum Gasteiger partial charge on any atom is 0.320 e. The molecule has 0 bridgehead atoms. The highest BCUT2D eigenvalue weighted by Gasteiger charge is 2.20. The number of esters is 1. The van der Waals surface area contributed by atoms with Crippen molar-refractivity contribution in [1.82, 2.24) is 14.5 Å². The molecule has 7 heteroatoms. The quantitative estimate of drug-likeness (QED) is 0.691. The van der Waals surface area contributed by atoms with Gasteiger partial charge in [-0.1, -0.05) is 26.0 Å². The molecule has 0 N–H and O–H groups in total. The Labute approximate surface area is 140 Å². The normalized spacial score (nSPS) is 11.8. The van der Waals surface area contributed by atoms with Gasteiger partial charge in [0.05, 0.1) is 31.1 Å². The Kier molecular flexibility index (Phi) is 6.25. The highest BCUT2D eigenvalue weighted by molar-refractivity contribution is 5.76. The molecule has 0 saturated heterocycles. The smallest absolute Gasteiger partial charge is 0.320 e. The first-order valence-electron chi connectivity index (χ1n) is 7.95. The molecular weight excluding hydrogens is 316 g/mol. The Bertz CT molecular complexity index is 686. The predicted octanol–water partition coefficient (Wildman–Crippen LogP) is 3.45. The highest BCUT2D eigenvalue weighted by atomic mass is 19.3. The van der Waals surface area contributed by atoms with Gasteiger partial charge in [-0.05, 0) is 18.1 Å². The van der Waals surface area contributed by atoms with Crippen molar-refractivity contribution in [2.24, 2.45) is 5.92 Å². The standard InChI is InChI=1S/C17H23F2N3O2/c1-12(2)10-21(9-8-16(23)24-3)11-15-20-13-6-4-5-7-14(13)22(15)17(18)19/h4-7,12,17H,8-11H2,1-3H3. The molecule has 0 atom stereocenters. The molecule has 5 nitrogen and oxygen atoms in total. The zero-order valence-corrected chi connectivity index (χ0v) is 14.2. The summed E-state index contributed by atoms with van der Waals surface area (Å²) in [6.45, 7) is 2.81. The highest BCUT2D eigenvalue weighted by Crippen LogP contribution is 2.24. The number of para-hydroxylation sites is 2. The molecule has 2 aromatic rings. The van der Waals surface area contributed by atoms with Crippen LogP contribution in [0.25, 0.3) is 11.0 Å². The zero-order valence-electron chi connectivity index (χ0n) is 14.2. The number of fused-ring (bicyclic) bond motifs is 1. The first kappa shape index (κ1) is 18.3. The van der Waals surface area contributed by atoms with Crippen molar-refractivity contribution < 1.29 is 18.3 Å². The lowest BCUT2D eigenvalue weighted by molar-refractivity contribution is -0.141. The summed E-state index contributed by atoms with van der Waals surface area (Å²) in [5.41, 5.74) is 0.963. The van der Waals surface area contributed by atoms with Crippen LogP contribution in [-0.4, -0.2) is 40.6 Å². The molecule has 0 aliphatic rings. The van der Waals surface area contributed by atoms with Gasteiger partial charge in [0.15, 0.2) is 0 Å². The van der Waals surface area contributed by atoms with E-state index in [0.717, 1.165) is 4.57 Å². The molecule has 1 aromatic heterocycles. The van der Waals surface area contributed by atoms with Gasteiger partial charge in [0.2, 0.25) is 0 Å². The minimum Gasteiger partial charge on any atom is -0.469 e. The summed E-state index contributed by atoms with van der Waals surface area (Å²) in [4.78, 5) is 17.7. The first-order chi connectivity index (χ1) is 11.4. The molecule has 0 spiro atoms. The van der Waals surface area contributed by atoms with Crippen molar-refractivity contribution >= 4 is 17.0 Å². The molecule has 2 rings (SSSR count). The summed E-state index contributed by atoms with van der Waals surface area (Å²) in [5.74, 6) is 0.329. The average Bonchev–Trinajstić information content (AvgIpc) is 2.89. The van der Waals surface area contributed by atoms with E-state index in [1.54, 1.807) is 24.3 Å². The Hall–Kier alpha value is -2.02. The van der Waals surface area contributed by atoms with Crippen LogP contribution in [0.1, 0.15) is 32.6 Å². The molecule has 0 aliphatic carbocycles. The molecule has 0 amide bonds. The van der Waals surface area contributed by atoms with E-state index in [4.69, 9.17) is 0 Å². The van der Waals surface area contributed by atoms with Crippen molar-refractivity contribution in [3.8, 4) is 0 Å². The lowest BCUT2D eigenvalue weighted by Gasteiger charge is -2.23. The molecule has 0 radical (unpaired) electrons. The summed E-state index contributed by atoms with van der Waals surface area (Å²) in [7, 11) is 1.34. The van der Waals surface area contributed by atoms with E-state index in [0.29, 0.717) is 35.9 Å². The molecule has 1 heterocycles. The lowest BCUT2D eigenvalue weighted by Crippen LogP contribution is -2.31. The van der Waals surface area contributed by atoms with Crippen LogP contribution in [0, 0.1) is 5.92 Å². The topological polar surface area (TPSA) is 47.4 Å². The third-order valence-corrected chi connectivity index (χ3v) is 3.71. The van der Waals surface area contributed by atoms with Crippen LogP contribution in [0.3, 0.4) is 0 Å². The molecule has 0 fully saturated rings. The van der Waals surface area contributed by atoms with Crippen LogP contribution in [0.4, 0.5) is 8.78 Å². The van der Waals surface area contributed by atoms with E-state index in [1.165, 1.54) is 7.11 Å². The second-order valence-electron chi connectivity index (χ2n) is 6.12. The van der Waals surface area contributed by atoms with Gasteiger partial charge >= 0.3 is 12.5 Å². The van der Waals surface area contributed by atoms with Crippen molar-refractivity contribution in [3.05, 3.63) is 30.1 Å². The maximum atomic E-state index is 13.5. The molecule has 132 valence electrons. The number of carbonyl (C=O) groups is 1. The van der Waals surface area contributed by atoms with Crippen LogP contribution < -0.4 is 0 Å². The molecular formula is C17H23F2N3O2. The fourth-order valence-corrected chi connectivity index (χ4v) is 2.73. The monoisotopic (exact) mass is 339 g/mol. The number of methoxy groups -OCH3 is 1. The number of hydrogen-bond acceptors (Lipinski definition) is 4. The van der Waals surface area contributed by atoms with Gasteiger partial charge < -0.3 is 4.74 Å². The SMILES string of the molecule is COC(=O)CCN(Cc1nc2ccccc2n1C(F)F)CC(C)C. The second kappa shape index (κ2) is 8.19. The average molecular weight is 339 g/mol. The predicted molar refractivity (Wildman–Crippen MR) is 87.7 cm³/mol. The van der Waals surface area contributed by atoms with Gasteiger partial charge in [-0.3, -0.25) is 14.3 Å². The fraction of sp³-hybridized carbons (Fsp3) is 0.529. The number of halogens is 2. The van der Waals surface area contributed by atoms with E-state index in [-0.39, 0.29) is 18.9 Å². The van der Waals surface area contributed by atoms with E-state index in [1.807, 2.05) is 18.7 Å². The summed E-state index contributed by atoms with van der Waals surface area (Å²) in [5, 5.41) is 0. The van der Waals surface area contributed by atoms with Crippen LogP contribution in [0.2, 0.25) is 0 Å². The third-order valence-electron chi connectivity index (χ3n) is 3.71. The van der Waals surface area contributed by atoms with E-state index in [2.05, 4.69) is 9.72 Å². The first-order valence-corrected chi connectivity index (χ1v) is 7.95. The molecule has 0 aliphatic heterocycles. The minimum atomic E-state index is -2.66. The summed E-state index contributed by atoms with van der Waals surface area (Å²) >= 11 is 0. The van der Waals surface area contributed by atoms with Crippen LogP contribution in [0.15, 0.2) is 24.3 Å². The largest absolute Gasteiger partial charge is 0.469 e. The minimum absolute atomic E-state index is 0.220. The number of carbonyl (C=O) groups excluding carboxylic acids is 1. The van der Waals surface area contributed by atoms with Gasteiger partial charge in [0, 0.05) is 13.1 Å². The van der Waals surface area contributed by atoms with Crippen LogP contribution >= 0.6 is 0 Å². The van der Waals surface area contributed by atoms with E-state index < -0.39 is 6.55 Å². The van der Waals surface area contributed by atoms with Gasteiger partial charge in [0.1, 0.15) is 5.82 Å². The molecule has 0 saturated carbocycles. The van der Waals surface area contributed by atoms with E-state index >= 15 is 0 Å². The Morgan fingerprint density at radius 3 is 2.67 bits per heavy atom. The molecule has 1 aromatic carbocycles. The number of hydrogen-bond donors (Lipinski definition) is 0. The Morgan fingerprint density at radius 2 is 2.04 bits per heavy atom. The summed E-state index contributed by atoms with van der Waals surface area (Å²) in [6.07, 6.45) is 0.220.